The van der Waals surface area contributed by atoms with Crippen molar-refractivity contribution < 1.29 is 4.74 Å². The SMILES string of the molecule is CCCNC(Cc1ccc(Br)s1)CC(C)COC. The lowest BCUT2D eigenvalue weighted by Crippen LogP contribution is -2.33. The third-order valence-electron chi connectivity index (χ3n) is 2.90. The van der Waals surface area contributed by atoms with Gasteiger partial charge in [0.1, 0.15) is 0 Å². The molecule has 0 bridgehead atoms. The first-order valence-electron chi connectivity index (χ1n) is 6.62. The third kappa shape index (κ3) is 6.32. The molecule has 0 amide bonds. The lowest BCUT2D eigenvalue weighted by molar-refractivity contribution is 0.149. The van der Waals surface area contributed by atoms with Crippen LogP contribution in [0.2, 0.25) is 0 Å². The molecule has 0 spiro atoms. The molecule has 2 unspecified atom stereocenters. The maximum Gasteiger partial charge on any atom is 0.0701 e. The summed E-state index contributed by atoms with van der Waals surface area (Å²) in [7, 11) is 1.78. The maximum atomic E-state index is 5.23. The Morgan fingerprint density at radius 1 is 1.44 bits per heavy atom. The highest BCUT2D eigenvalue weighted by atomic mass is 79.9. The highest BCUT2D eigenvalue weighted by molar-refractivity contribution is 9.11. The molecule has 1 aromatic rings. The number of nitrogens with one attached hydrogen (secondary N) is 1. The Morgan fingerprint density at radius 2 is 2.22 bits per heavy atom. The molecule has 0 aliphatic carbocycles. The van der Waals surface area contributed by atoms with Crippen molar-refractivity contribution in [1.29, 1.82) is 0 Å². The van der Waals surface area contributed by atoms with Crippen molar-refractivity contribution in [2.75, 3.05) is 20.3 Å². The minimum atomic E-state index is 0.556. The van der Waals surface area contributed by atoms with Gasteiger partial charge in [0.15, 0.2) is 0 Å². The van der Waals surface area contributed by atoms with E-state index in [1.54, 1.807) is 7.11 Å². The second-order valence-electron chi connectivity index (χ2n) is 4.86. The average Bonchev–Trinajstić information content (AvgIpc) is 2.72. The van der Waals surface area contributed by atoms with E-state index >= 15 is 0 Å². The van der Waals surface area contributed by atoms with Crippen LogP contribution in [-0.2, 0) is 11.2 Å². The fraction of sp³-hybridized carbons (Fsp3) is 0.714. The number of rotatable bonds is 9. The van der Waals surface area contributed by atoms with Crippen molar-refractivity contribution in [2.45, 2.75) is 39.2 Å². The summed E-state index contributed by atoms with van der Waals surface area (Å²) < 4.78 is 6.45. The molecular formula is C14H24BrNOS. The molecule has 1 heterocycles. The zero-order chi connectivity index (χ0) is 13.4. The molecule has 0 fully saturated rings. The summed E-state index contributed by atoms with van der Waals surface area (Å²) in [5.74, 6) is 0.604. The maximum absolute atomic E-state index is 5.23. The average molecular weight is 334 g/mol. The van der Waals surface area contributed by atoms with E-state index in [0.717, 1.165) is 19.6 Å². The zero-order valence-electron chi connectivity index (χ0n) is 11.5. The summed E-state index contributed by atoms with van der Waals surface area (Å²) in [4.78, 5) is 1.44. The first kappa shape index (κ1) is 16.2. The number of halogens is 1. The fourth-order valence-electron chi connectivity index (χ4n) is 2.13. The van der Waals surface area contributed by atoms with Gasteiger partial charge in [-0.1, -0.05) is 13.8 Å². The topological polar surface area (TPSA) is 21.3 Å². The van der Waals surface area contributed by atoms with Gasteiger partial charge >= 0.3 is 0 Å². The summed E-state index contributed by atoms with van der Waals surface area (Å²) >= 11 is 5.36. The zero-order valence-corrected chi connectivity index (χ0v) is 13.9. The van der Waals surface area contributed by atoms with Gasteiger partial charge in [-0.05, 0) is 59.8 Å². The monoisotopic (exact) mass is 333 g/mol. The van der Waals surface area contributed by atoms with Gasteiger partial charge in [0, 0.05) is 24.6 Å². The highest BCUT2D eigenvalue weighted by Gasteiger charge is 2.14. The van der Waals surface area contributed by atoms with E-state index in [9.17, 15) is 0 Å². The summed E-state index contributed by atoms with van der Waals surface area (Å²) in [6, 6.07) is 4.91. The number of thiophene rings is 1. The lowest BCUT2D eigenvalue weighted by Gasteiger charge is -2.21. The normalized spacial score (nSPS) is 14.7. The van der Waals surface area contributed by atoms with Gasteiger partial charge < -0.3 is 10.1 Å². The Kier molecular flexibility index (Phi) is 8.15. The molecule has 2 nitrogen and oxygen atoms in total. The molecule has 0 aromatic carbocycles. The van der Waals surface area contributed by atoms with Crippen molar-refractivity contribution in [2.24, 2.45) is 5.92 Å². The van der Waals surface area contributed by atoms with Crippen LogP contribution in [0.4, 0.5) is 0 Å². The molecule has 1 rings (SSSR count). The van der Waals surface area contributed by atoms with Gasteiger partial charge in [0.25, 0.3) is 0 Å². The molecule has 2 atom stereocenters. The molecule has 18 heavy (non-hydrogen) atoms. The van der Waals surface area contributed by atoms with E-state index in [1.165, 1.54) is 21.5 Å². The van der Waals surface area contributed by atoms with Gasteiger partial charge in [-0.2, -0.15) is 0 Å². The summed E-state index contributed by atoms with van der Waals surface area (Å²) in [6.45, 7) is 6.41. The Bertz CT molecular complexity index is 329. The largest absolute Gasteiger partial charge is 0.384 e. The van der Waals surface area contributed by atoms with Gasteiger partial charge in [0.2, 0.25) is 0 Å². The van der Waals surface area contributed by atoms with E-state index < -0.39 is 0 Å². The number of hydrogen-bond donors (Lipinski definition) is 1. The third-order valence-corrected chi connectivity index (χ3v) is 4.54. The number of methoxy groups -OCH3 is 1. The minimum Gasteiger partial charge on any atom is -0.384 e. The molecule has 1 N–H and O–H groups in total. The van der Waals surface area contributed by atoms with E-state index in [0.29, 0.717) is 12.0 Å². The van der Waals surface area contributed by atoms with Crippen LogP contribution >= 0.6 is 27.3 Å². The molecule has 0 aliphatic heterocycles. The van der Waals surface area contributed by atoms with Crippen molar-refractivity contribution in [1.82, 2.24) is 5.32 Å². The standard InChI is InChI=1S/C14H24BrNOS/c1-4-7-16-12(8-11(2)10-17-3)9-13-5-6-14(15)18-13/h5-6,11-12,16H,4,7-10H2,1-3H3. The Hall–Kier alpha value is 0.1000. The number of ether oxygens (including phenoxy) is 1. The Balaban J connectivity index is 2.48. The molecule has 1 aromatic heterocycles. The second-order valence-corrected chi connectivity index (χ2v) is 7.40. The van der Waals surface area contributed by atoms with E-state index in [-0.39, 0.29) is 0 Å². The van der Waals surface area contributed by atoms with Crippen molar-refractivity contribution in [3.63, 3.8) is 0 Å². The van der Waals surface area contributed by atoms with Crippen LogP contribution in [0.3, 0.4) is 0 Å². The quantitative estimate of drug-likeness (QED) is 0.734. The van der Waals surface area contributed by atoms with Gasteiger partial charge in [0.05, 0.1) is 3.79 Å². The second kappa shape index (κ2) is 9.08. The Morgan fingerprint density at radius 3 is 2.78 bits per heavy atom. The first-order valence-corrected chi connectivity index (χ1v) is 8.23. The fourth-order valence-corrected chi connectivity index (χ4v) is 3.69. The van der Waals surface area contributed by atoms with Crippen LogP contribution in [-0.4, -0.2) is 26.3 Å². The molecule has 0 radical (unpaired) electrons. The van der Waals surface area contributed by atoms with Crippen LogP contribution in [0.1, 0.15) is 31.6 Å². The lowest BCUT2D eigenvalue weighted by atomic mass is 9.99. The van der Waals surface area contributed by atoms with Crippen LogP contribution in [0.25, 0.3) is 0 Å². The van der Waals surface area contributed by atoms with Crippen molar-refractivity contribution in [3.8, 4) is 0 Å². The number of hydrogen-bond acceptors (Lipinski definition) is 3. The summed E-state index contributed by atoms with van der Waals surface area (Å²) in [5.41, 5.74) is 0. The summed E-state index contributed by atoms with van der Waals surface area (Å²) in [6.07, 6.45) is 3.47. The molecule has 4 heteroatoms. The highest BCUT2D eigenvalue weighted by Crippen LogP contribution is 2.24. The van der Waals surface area contributed by atoms with Gasteiger partial charge in [-0.15, -0.1) is 11.3 Å². The minimum absolute atomic E-state index is 0.556. The van der Waals surface area contributed by atoms with E-state index in [1.807, 2.05) is 11.3 Å². The Labute approximate surface area is 123 Å². The van der Waals surface area contributed by atoms with Crippen LogP contribution in [0.15, 0.2) is 15.9 Å². The van der Waals surface area contributed by atoms with Crippen LogP contribution in [0, 0.1) is 5.92 Å². The molecule has 0 saturated carbocycles. The van der Waals surface area contributed by atoms with E-state index in [2.05, 4.69) is 47.2 Å². The predicted molar refractivity (Wildman–Crippen MR) is 83.5 cm³/mol. The van der Waals surface area contributed by atoms with Crippen LogP contribution in [0.5, 0.6) is 0 Å². The molecular weight excluding hydrogens is 310 g/mol. The smallest absolute Gasteiger partial charge is 0.0701 e. The van der Waals surface area contributed by atoms with Crippen molar-refractivity contribution in [3.05, 3.63) is 20.8 Å². The molecule has 0 saturated heterocycles. The predicted octanol–water partition coefficient (Wildman–Crippen LogP) is 4.09. The molecule has 104 valence electrons. The first-order chi connectivity index (χ1) is 8.65. The van der Waals surface area contributed by atoms with Crippen molar-refractivity contribution >= 4 is 27.3 Å². The summed E-state index contributed by atoms with van der Waals surface area (Å²) in [5, 5.41) is 3.65. The molecule has 0 aliphatic rings. The van der Waals surface area contributed by atoms with Crippen LogP contribution < -0.4 is 5.32 Å². The van der Waals surface area contributed by atoms with Gasteiger partial charge in [-0.3, -0.25) is 0 Å². The van der Waals surface area contributed by atoms with Gasteiger partial charge in [-0.25, -0.2) is 0 Å². The van der Waals surface area contributed by atoms with E-state index in [4.69, 9.17) is 4.74 Å².